The Hall–Kier alpha value is -1.50. The van der Waals surface area contributed by atoms with Gasteiger partial charge in [-0.2, -0.15) is 0 Å². The minimum atomic E-state index is -1.12. The largest absolute Gasteiger partial charge is 0.467 e. The molecule has 0 aromatic carbocycles. The first-order valence-corrected chi connectivity index (χ1v) is 3.70. The van der Waals surface area contributed by atoms with Gasteiger partial charge in [-0.1, -0.05) is 0 Å². The summed E-state index contributed by atoms with van der Waals surface area (Å²) in [6.45, 7) is 0.378. The number of rotatable bonds is 4. The van der Waals surface area contributed by atoms with Crippen LogP contribution in [0, 0.1) is 0 Å². The lowest BCUT2D eigenvalue weighted by molar-refractivity contribution is -0.150. The van der Waals surface area contributed by atoms with Crippen molar-refractivity contribution in [1.82, 2.24) is 20.2 Å². The van der Waals surface area contributed by atoms with Gasteiger partial charge in [0.2, 0.25) is 0 Å². The summed E-state index contributed by atoms with van der Waals surface area (Å²) >= 11 is 0. The van der Waals surface area contributed by atoms with Crippen LogP contribution < -0.4 is 0 Å². The van der Waals surface area contributed by atoms with Crippen LogP contribution >= 0.6 is 0 Å². The quantitative estimate of drug-likeness (QED) is 0.581. The average Bonchev–Trinajstić information content (AvgIpc) is 2.65. The van der Waals surface area contributed by atoms with E-state index in [-0.39, 0.29) is 6.42 Å². The summed E-state index contributed by atoms with van der Waals surface area (Å²) in [6, 6.07) is 0. The number of hydrogen-bond acceptors (Lipinski definition) is 6. The van der Waals surface area contributed by atoms with Gasteiger partial charge in [0.1, 0.15) is 6.33 Å². The standard InChI is InChI=1S/C6H10N4O3/c1-13-6(12)5(11)2-3-10-4-7-8-9-10/h4-5,11H,2-3H2,1H3. The van der Waals surface area contributed by atoms with E-state index in [0.717, 1.165) is 0 Å². The van der Waals surface area contributed by atoms with Crippen molar-refractivity contribution in [2.45, 2.75) is 19.1 Å². The molecule has 1 unspecified atom stereocenters. The summed E-state index contributed by atoms with van der Waals surface area (Å²) in [5.74, 6) is -0.645. The predicted octanol–water partition coefficient (Wildman–Crippen LogP) is -1.40. The highest BCUT2D eigenvalue weighted by Crippen LogP contribution is 1.96. The highest BCUT2D eigenvalue weighted by Gasteiger charge is 2.14. The number of aromatic nitrogens is 4. The summed E-state index contributed by atoms with van der Waals surface area (Å²) in [4.78, 5) is 10.7. The molecule has 7 heteroatoms. The lowest BCUT2D eigenvalue weighted by Crippen LogP contribution is -2.23. The van der Waals surface area contributed by atoms with Gasteiger partial charge in [0.05, 0.1) is 7.11 Å². The molecule has 0 aliphatic carbocycles. The summed E-state index contributed by atoms with van der Waals surface area (Å²) in [5.41, 5.74) is 0. The molecule has 7 nitrogen and oxygen atoms in total. The van der Waals surface area contributed by atoms with E-state index < -0.39 is 12.1 Å². The van der Waals surface area contributed by atoms with Crippen LogP contribution in [0.1, 0.15) is 6.42 Å². The molecular weight excluding hydrogens is 176 g/mol. The van der Waals surface area contributed by atoms with Gasteiger partial charge in [0, 0.05) is 13.0 Å². The molecule has 1 aromatic heterocycles. The maximum absolute atomic E-state index is 10.7. The van der Waals surface area contributed by atoms with E-state index in [1.807, 2.05) is 0 Å². The second-order valence-electron chi connectivity index (χ2n) is 2.40. The second kappa shape index (κ2) is 4.51. The molecule has 0 spiro atoms. The highest BCUT2D eigenvalue weighted by atomic mass is 16.5. The highest BCUT2D eigenvalue weighted by molar-refractivity contribution is 5.73. The molecule has 0 saturated carbocycles. The van der Waals surface area contributed by atoms with Gasteiger partial charge in [-0.3, -0.25) is 0 Å². The minimum Gasteiger partial charge on any atom is -0.467 e. The fourth-order valence-corrected chi connectivity index (χ4v) is 0.791. The normalized spacial score (nSPS) is 12.5. The number of esters is 1. The Kier molecular flexibility index (Phi) is 3.32. The molecule has 1 heterocycles. The zero-order chi connectivity index (χ0) is 9.68. The fourth-order valence-electron chi connectivity index (χ4n) is 0.791. The molecule has 0 saturated heterocycles. The molecule has 0 amide bonds. The van der Waals surface area contributed by atoms with E-state index >= 15 is 0 Å². The molecule has 0 aliphatic rings. The topological polar surface area (TPSA) is 90.1 Å². The molecule has 0 fully saturated rings. The number of carbonyl (C=O) groups is 1. The zero-order valence-corrected chi connectivity index (χ0v) is 7.12. The molecule has 0 aliphatic heterocycles. The Morgan fingerprint density at radius 1 is 1.77 bits per heavy atom. The predicted molar refractivity (Wildman–Crippen MR) is 40.5 cm³/mol. The maximum atomic E-state index is 10.7. The Balaban J connectivity index is 2.30. The van der Waals surface area contributed by atoms with E-state index in [4.69, 9.17) is 5.11 Å². The van der Waals surface area contributed by atoms with E-state index in [9.17, 15) is 4.79 Å². The van der Waals surface area contributed by atoms with Crippen molar-refractivity contribution in [1.29, 1.82) is 0 Å². The second-order valence-corrected chi connectivity index (χ2v) is 2.40. The van der Waals surface area contributed by atoms with Gasteiger partial charge in [0.15, 0.2) is 6.10 Å². The maximum Gasteiger partial charge on any atom is 0.334 e. The number of aliphatic hydroxyl groups is 1. The zero-order valence-electron chi connectivity index (χ0n) is 7.12. The minimum absolute atomic E-state index is 0.234. The van der Waals surface area contributed by atoms with Gasteiger partial charge in [-0.25, -0.2) is 9.48 Å². The molecule has 1 N–H and O–H groups in total. The molecule has 72 valence electrons. The first kappa shape index (κ1) is 9.59. The monoisotopic (exact) mass is 186 g/mol. The third-order valence-corrected chi connectivity index (χ3v) is 1.50. The summed E-state index contributed by atoms with van der Waals surface area (Å²) in [7, 11) is 1.22. The first-order chi connectivity index (χ1) is 6.24. The number of methoxy groups -OCH3 is 1. The van der Waals surface area contributed by atoms with Gasteiger partial charge in [-0.05, 0) is 10.4 Å². The van der Waals surface area contributed by atoms with Gasteiger partial charge >= 0.3 is 5.97 Å². The number of hydrogen-bond donors (Lipinski definition) is 1. The van der Waals surface area contributed by atoms with Crippen molar-refractivity contribution in [2.24, 2.45) is 0 Å². The van der Waals surface area contributed by atoms with Crippen LogP contribution in [0.3, 0.4) is 0 Å². The van der Waals surface area contributed by atoms with Crippen LogP contribution in [0.25, 0.3) is 0 Å². The van der Waals surface area contributed by atoms with Crippen LogP contribution in [-0.2, 0) is 16.1 Å². The SMILES string of the molecule is COC(=O)C(O)CCn1cnnn1. The van der Waals surface area contributed by atoms with E-state index in [1.54, 1.807) is 0 Å². The van der Waals surface area contributed by atoms with Gasteiger partial charge in [-0.15, -0.1) is 5.10 Å². The lowest BCUT2D eigenvalue weighted by atomic mass is 10.2. The Morgan fingerprint density at radius 3 is 3.08 bits per heavy atom. The Bertz CT molecular complexity index is 261. The molecule has 0 bridgehead atoms. The molecule has 1 atom stereocenters. The van der Waals surface area contributed by atoms with Crippen molar-refractivity contribution >= 4 is 5.97 Å². The molecule has 1 rings (SSSR count). The van der Waals surface area contributed by atoms with Crippen molar-refractivity contribution in [3.63, 3.8) is 0 Å². The summed E-state index contributed by atoms with van der Waals surface area (Å²) in [5, 5.41) is 19.5. The smallest absolute Gasteiger partial charge is 0.334 e. The van der Waals surface area contributed by atoms with Crippen LogP contribution in [0.15, 0.2) is 6.33 Å². The number of carbonyl (C=O) groups excluding carboxylic acids is 1. The van der Waals surface area contributed by atoms with Crippen LogP contribution in [0.4, 0.5) is 0 Å². The number of nitrogens with zero attached hydrogens (tertiary/aromatic N) is 4. The van der Waals surface area contributed by atoms with Crippen molar-refractivity contribution in [3.05, 3.63) is 6.33 Å². The molecule has 0 radical (unpaired) electrons. The van der Waals surface area contributed by atoms with Crippen molar-refractivity contribution in [3.8, 4) is 0 Å². The van der Waals surface area contributed by atoms with Crippen LogP contribution in [0.5, 0.6) is 0 Å². The van der Waals surface area contributed by atoms with E-state index in [0.29, 0.717) is 6.54 Å². The summed E-state index contributed by atoms with van der Waals surface area (Å²) in [6.07, 6.45) is 0.524. The number of aryl methyl sites for hydroxylation is 1. The average molecular weight is 186 g/mol. The number of ether oxygens (including phenoxy) is 1. The third kappa shape index (κ3) is 2.79. The first-order valence-electron chi connectivity index (χ1n) is 3.70. The molecular formula is C6H10N4O3. The van der Waals surface area contributed by atoms with Gasteiger partial charge < -0.3 is 9.84 Å². The molecule has 1 aromatic rings. The van der Waals surface area contributed by atoms with Crippen molar-refractivity contribution in [2.75, 3.05) is 7.11 Å². The number of aliphatic hydroxyl groups excluding tert-OH is 1. The lowest BCUT2D eigenvalue weighted by Gasteiger charge is -2.06. The summed E-state index contributed by atoms with van der Waals surface area (Å²) < 4.78 is 5.75. The van der Waals surface area contributed by atoms with E-state index in [1.165, 1.54) is 18.1 Å². The van der Waals surface area contributed by atoms with Gasteiger partial charge in [0.25, 0.3) is 0 Å². The number of tetrazole rings is 1. The Morgan fingerprint density at radius 2 is 2.54 bits per heavy atom. The molecule has 13 heavy (non-hydrogen) atoms. The van der Waals surface area contributed by atoms with Crippen LogP contribution in [0.2, 0.25) is 0 Å². The third-order valence-electron chi connectivity index (χ3n) is 1.50. The van der Waals surface area contributed by atoms with Crippen molar-refractivity contribution < 1.29 is 14.6 Å². The fraction of sp³-hybridized carbons (Fsp3) is 0.667. The van der Waals surface area contributed by atoms with Crippen LogP contribution in [-0.4, -0.2) is 44.5 Å². The Labute approximate surface area is 74.3 Å². The van der Waals surface area contributed by atoms with E-state index in [2.05, 4.69) is 20.3 Å².